The molecule has 0 aromatic carbocycles. The number of Topliss-reactive ketones (excluding diaryl/α,β-unsaturated/α-hetero) is 1. The van der Waals surface area contributed by atoms with Crippen molar-refractivity contribution in [1.29, 1.82) is 0 Å². The lowest BCUT2D eigenvalue weighted by molar-refractivity contribution is -0.516. The molecule has 0 radical (unpaired) electrons. The molecule has 126 valence electrons. The highest BCUT2D eigenvalue weighted by atomic mass is 35.5. The highest BCUT2D eigenvalue weighted by molar-refractivity contribution is 7.15. The zero-order valence-electron chi connectivity index (χ0n) is 12.9. The van der Waals surface area contributed by atoms with Crippen molar-refractivity contribution in [2.45, 2.75) is 13.1 Å². The minimum absolute atomic E-state index is 0.00956. The number of carbonyl (C=O) groups is 1. The van der Waals surface area contributed by atoms with Crippen molar-refractivity contribution < 1.29 is 14.3 Å². The third-order valence-corrected chi connectivity index (χ3v) is 4.87. The first-order chi connectivity index (χ1) is 12.1. The predicted molar refractivity (Wildman–Crippen MR) is 89.8 cm³/mol. The van der Waals surface area contributed by atoms with Crippen LogP contribution in [0.5, 0.6) is 5.88 Å². The molecule has 0 saturated carbocycles. The number of halogens is 1. The Balaban J connectivity index is 1.79. The molecule has 0 saturated heterocycles. The van der Waals surface area contributed by atoms with Crippen molar-refractivity contribution in [3.63, 3.8) is 0 Å². The molecular formula is C16H12ClN5O2S. The molecule has 0 atom stereocenters. The second-order valence-corrected chi connectivity index (χ2v) is 7.07. The number of thiazole rings is 1. The number of ketones is 1. The lowest BCUT2D eigenvalue weighted by Gasteiger charge is -2.05. The van der Waals surface area contributed by atoms with E-state index in [9.17, 15) is 9.90 Å². The van der Waals surface area contributed by atoms with Gasteiger partial charge in [0.25, 0.3) is 5.65 Å². The molecule has 0 bridgehead atoms. The zero-order valence-corrected chi connectivity index (χ0v) is 14.4. The first kappa shape index (κ1) is 15.8. The van der Waals surface area contributed by atoms with E-state index in [4.69, 9.17) is 11.6 Å². The number of carbonyl (C=O) groups excluding carboxylic acids is 1. The van der Waals surface area contributed by atoms with Gasteiger partial charge < -0.3 is 5.11 Å². The molecule has 4 heterocycles. The van der Waals surface area contributed by atoms with Crippen molar-refractivity contribution in [3.8, 4) is 5.88 Å². The first-order valence-electron chi connectivity index (χ1n) is 7.44. The maximum absolute atomic E-state index is 12.9. The number of hydrogen-bond acceptors (Lipinski definition) is 5. The van der Waals surface area contributed by atoms with Gasteiger partial charge in [0.1, 0.15) is 19.0 Å². The predicted octanol–water partition coefficient (Wildman–Crippen LogP) is 1.54. The molecule has 25 heavy (non-hydrogen) atoms. The lowest BCUT2D eigenvalue weighted by atomic mass is 10.3. The van der Waals surface area contributed by atoms with Gasteiger partial charge in [0.05, 0.1) is 11.1 Å². The van der Waals surface area contributed by atoms with Crippen LogP contribution in [0.2, 0.25) is 4.47 Å². The topological polar surface area (TPSA) is 79.9 Å². The fourth-order valence-electron chi connectivity index (χ4n) is 2.71. The van der Waals surface area contributed by atoms with E-state index in [2.05, 4.69) is 10.1 Å². The van der Waals surface area contributed by atoms with Gasteiger partial charge in [-0.05, 0) is 12.1 Å². The number of rotatable bonds is 5. The van der Waals surface area contributed by atoms with Crippen molar-refractivity contribution in [2.75, 3.05) is 0 Å². The van der Waals surface area contributed by atoms with Crippen LogP contribution in [-0.2, 0) is 13.1 Å². The van der Waals surface area contributed by atoms with Crippen LogP contribution in [0, 0.1) is 0 Å². The number of hydrogen-bond donors (Lipinski definition) is 0. The number of pyridine rings is 1. The van der Waals surface area contributed by atoms with Gasteiger partial charge >= 0.3 is 0 Å². The van der Waals surface area contributed by atoms with E-state index in [0.717, 1.165) is 4.88 Å². The smallest absolute Gasteiger partial charge is 0.286 e. The van der Waals surface area contributed by atoms with Crippen LogP contribution in [0.4, 0.5) is 0 Å². The Morgan fingerprint density at radius 2 is 2.24 bits per heavy atom. The summed E-state index contributed by atoms with van der Waals surface area (Å²) in [4.78, 5) is 17.5. The monoisotopic (exact) mass is 373 g/mol. The molecule has 0 amide bonds. The number of fused-ring (bicyclic) bond motifs is 1. The standard InChI is InChI=1S/C16H12ClN5O2S/c17-16-18-8-11(25-16)9-22-13-4-1-2-7-21(13)14(15(22)24)12(23)10-20-6-3-5-19-20/h1-8H,9-10H2. The van der Waals surface area contributed by atoms with E-state index >= 15 is 0 Å². The summed E-state index contributed by atoms with van der Waals surface area (Å²) in [6, 6.07) is 7.14. The highest BCUT2D eigenvalue weighted by Crippen LogP contribution is 2.23. The van der Waals surface area contributed by atoms with Crippen molar-refractivity contribution >= 4 is 34.4 Å². The van der Waals surface area contributed by atoms with Gasteiger partial charge in [0.15, 0.2) is 4.47 Å². The summed E-state index contributed by atoms with van der Waals surface area (Å²) >= 11 is 7.18. The van der Waals surface area contributed by atoms with E-state index in [1.165, 1.54) is 16.0 Å². The summed E-state index contributed by atoms with van der Waals surface area (Å²) in [7, 11) is 0. The van der Waals surface area contributed by atoms with Crippen LogP contribution in [0.25, 0.3) is 5.65 Å². The Bertz CT molecular complexity index is 1050. The van der Waals surface area contributed by atoms with Crippen molar-refractivity contribution in [1.82, 2.24) is 19.3 Å². The molecule has 4 aromatic rings. The van der Waals surface area contributed by atoms with E-state index in [-0.39, 0.29) is 23.9 Å². The summed E-state index contributed by atoms with van der Waals surface area (Å²) in [5.74, 6) is -0.635. The highest BCUT2D eigenvalue weighted by Gasteiger charge is 2.25. The molecule has 7 nitrogen and oxygen atoms in total. The molecular weight excluding hydrogens is 362 g/mol. The van der Waals surface area contributed by atoms with Crippen LogP contribution in [0.15, 0.2) is 49.1 Å². The molecule has 4 rings (SSSR count). The molecule has 0 aliphatic carbocycles. The fourth-order valence-corrected chi connectivity index (χ4v) is 3.68. The van der Waals surface area contributed by atoms with Gasteiger partial charge in [-0.1, -0.05) is 17.7 Å². The Morgan fingerprint density at radius 1 is 1.36 bits per heavy atom. The number of aromatic nitrogens is 5. The Hall–Kier alpha value is -2.71. The summed E-state index contributed by atoms with van der Waals surface area (Å²) in [5.41, 5.74) is 0.752. The van der Waals surface area contributed by atoms with Gasteiger partial charge in [-0.2, -0.15) is 9.50 Å². The summed E-state index contributed by atoms with van der Waals surface area (Å²) in [5, 5.41) is 16.9. The number of nitrogens with zero attached hydrogens (tertiary/aromatic N) is 5. The van der Waals surface area contributed by atoms with E-state index in [1.807, 2.05) is 6.07 Å². The second kappa shape index (κ2) is 6.30. The average Bonchev–Trinajstić information content (AvgIpc) is 3.30. The summed E-state index contributed by atoms with van der Waals surface area (Å²) < 4.78 is 5.09. The Labute approximate surface area is 151 Å². The molecule has 0 fully saturated rings. The van der Waals surface area contributed by atoms with Gasteiger partial charge in [0.2, 0.25) is 11.5 Å². The quantitative estimate of drug-likeness (QED) is 0.392. The van der Waals surface area contributed by atoms with Gasteiger partial charge in [-0.15, -0.1) is 11.3 Å². The normalized spacial score (nSPS) is 11.2. The Morgan fingerprint density at radius 3 is 2.96 bits per heavy atom. The Kier molecular flexibility index (Phi) is 3.98. The van der Waals surface area contributed by atoms with Crippen molar-refractivity contribution in [3.05, 3.63) is 64.1 Å². The van der Waals surface area contributed by atoms with Crippen LogP contribution in [0.3, 0.4) is 0 Å². The van der Waals surface area contributed by atoms with Crippen molar-refractivity contribution in [2.24, 2.45) is 0 Å². The van der Waals surface area contributed by atoms with Crippen LogP contribution in [0.1, 0.15) is 15.4 Å². The average molecular weight is 374 g/mol. The molecule has 9 heteroatoms. The third kappa shape index (κ3) is 2.90. The molecule has 4 aromatic heterocycles. The van der Waals surface area contributed by atoms with E-state index in [1.54, 1.807) is 52.0 Å². The van der Waals surface area contributed by atoms with E-state index < -0.39 is 0 Å². The summed E-state index contributed by atoms with van der Waals surface area (Å²) in [6.45, 7) is 0.321. The molecule has 0 spiro atoms. The molecule has 0 aliphatic heterocycles. The van der Waals surface area contributed by atoms with Gasteiger partial charge in [0, 0.05) is 24.7 Å². The summed E-state index contributed by atoms with van der Waals surface area (Å²) in [6.07, 6.45) is 6.63. The van der Waals surface area contributed by atoms with Crippen LogP contribution < -0.4 is 9.51 Å². The van der Waals surface area contributed by atoms with Crippen LogP contribution >= 0.6 is 22.9 Å². The lowest BCUT2D eigenvalue weighted by Crippen LogP contribution is -2.29. The third-order valence-electron chi connectivity index (χ3n) is 3.77. The maximum atomic E-state index is 12.9. The van der Waals surface area contributed by atoms with E-state index in [0.29, 0.717) is 16.7 Å². The number of imidazole rings is 1. The SMILES string of the molecule is O=C(Cn1cccn1)c1c([O-])n(Cc2cnc(Cl)s2)c2cccc[n+]12. The largest absolute Gasteiger partial charge is 0.839 e. The first-order valence-corrected chi connectivity index (χ1v) is 8.63. The van der Waals surface area contributed by atoms with Crippen LogP contribution in [-0.4, -0.2) is 25.1 Å². The molecule has 0 aliphatic rings. The molecule has 0 unspecified atom stereocenters. The van der Waals surface area contributed by atoms with Gasteiger partial charge in [-0.3, -0.25) is 9.48 Å². The zero-order chi connectivity index (χ0) is 17.4. The maximum Gasteiger partial charge on any atom is 0.286 e. The fraction of sp³-hybridized carbons (Fsp3) is 0.125. The minimum Gasteiger partial charge on any atom is -0.839 e. The second-order valence-electron chi connectivity index (χ2n) is 5.38. The minimum atomic E-state index is -0.340. The van der Waals surface area contributed by atoms with Gasteiger partial charge in [-0.25, -0.2) is 9.55 Å². The molecule has 0 N–H and O–H groups in total.